The maximum Gasteiger partial charge on any atom is 0.246 e. The Kier molecular flexibility index (Phi) is 7.18. The molecule has 0 aliphatic heterocycles. The zero-order valence-corrected chi connectivity index (χ0v) is 18.9. The molecule has 0 unspecified atom stereocenters. The van der Waals surface area contributed by atoms with Crippen LogP contribution in [0.3, 0.4) is 0 Å². The summed E-state index contributed by atoms with van der Waals surface area (Å²) >= 11 is 0. The van der Waals surface area contributed by atoms with Crippen LogP contribution in [0, 0.1) is 6.92 Å². The first-order valence-corrected chi connectivity index (χ1v) is 11.0. The van der Waals surface area contributed by atoms with E-state index in [1.165, 1.54) is 0 Å². The first-order chi connectivity index (χ1) is 16.2. The Balaban J connectivity index is 1.71. The summed E-state index contributed by atoms with van der Waals surface area (Å²) in [6.07, 6.45) is 0. The Morgan fingerprint density at radius 3 is 1.76 bits per heavy atom. The Morgan fingerprint density at radius 2 is 1.24 bits per heavy atom. The molecule has 1 amide bonds. The normalized spacial score (nSPS) is 11.7. The lowest BCUT2D eigenvalue weighted by molar-refractivity contribution is -0.118. The molecule has 1 atom stereocenters. The molecular weight excluding hydrogens is 408 g/mol. The van der Waals surface area contributed by atoms with Crippen LogP contribution in [0.15, 0.2) is 109 Å². The number of amides is 1. The highest BCUT2D eigenvalue weighted by atomic mass is 16.5. The number of carbonyl (C=O) groups is 1. The van der Waals surface area contributed by atoms with Crippen molar-refractivity contribution in [2.75, 3.05) is 12.4 Å². The standard InChI is InChI=1S/C29H28N2O2/c1-21-18-19-26(33-2)25(20-21)30-29(32)28(24-16-10-5-11-17-24)31-27(22-12-6-3-7-13-22)23-14-8-4-9-15-23/h3-20,27-28,31H,1-2H3,(H,30,32)/t28-/m1/s1. The zero-order valence-electron chi connectivity index (χ0n) is 18.9. The van der Waals surface area contributed by atoms with Crippen molar-refractivity contribution >= 4 is 11.6 Å². The van der Waals surface area contributed by atoms with E-state index in [1.807, 2.05) is 91.9 Å². The van der Waals surface area contributed by atoms with Gasteiger partial charge in [0.25, 0.3) is 0 Å². The number of methoxy groups -OCH3 is 1. The number of ether oxygens (including phenoxy) is 1. The van der Waals surface area contributed by atoms with Crippen LogP contribution < -0.4 is 15.4 Å². The van der Waals surface area contributed by atoms with E-state index in [2.05, 4.69) is 34.9 Å². The molecule has 0 aliphatic rings. The summed E-state index contributed by atoms with van der Waals surface area (Å²) in [5.41, 5.74) is 4.76. The lowest BCUT2D eigenvalue weighted by atomic mass is 9.96. The van der Waals surface area contributed by atoms with Crippen molar-refractivity contribution in [1.82, 2.24) is 5.32 Å². The monoisotopic (exact) mass is 436 g/mol. The average molecular weight is 437 g/mol. The highest BCUT2D eigenvalue weighted by molar-refractivity contribution is 5.97. The predicted octanol–water partition coefficient (Wildman–Crippen LogP) is 6.06. The molecule has 0 saturated heterocycles. The van der Waals surface area contributed by atoms with Crippen LogP contribution in [-0.4, -0.2) is 13.0 Å². The van der Waals surface area contributed by atoms with Gasteiger partial charge in [0.15, 0.2) is 0 Å². The molecule has 4 rings (SSSR count). The van der Waals surface area contributed by atoms with Gasteiger partial charge in [0, 0.05) is 0 Å². The van der Waals surface area contributed by atoms with E-state index < -0.39 is 6.04 Å². The molecule has 0 saturated carbocycles. The summed E-state index contributed by atoms with van der Waals surface area (Å²) in [6, 6.07) is 35.2. The second-order valence-electron chi connectivity index (χ2n) is 7.96. The van der Waals surface area contributed by atoms with E-state index in [0.717, 1.165) is 22.3 Å². The Labute approximate surface area is 195 Å². The van der Waals surface area contributed by atoms with Gasteiger partial charge in [-0.2, -0.15) is 0 Å². The van der Waals surface area contributed by atoms with Crippen molar-refractivity contribution in [1.29, 1.82) is 0 Å². The van der Waals surface area contributed by atoms with Crippen LogP contribution in [0.25, 0.3) is 0 Å². The first-order valence-electron chi connectivity index (χ1n) is 11.0. The van der Waals surface area contributed by atoms with Gasteiger partial charge in [-0.1, -0.05) is 97.1 Å². The van der Waals surface area contributed by atoms with E-state index in [-0.39, 0.29) is 11.9 Å². The molecule has 166 valence electrons. The van der Waals surface area contributed by atoms with Gasteiger partial charge in [0.1, 0.15) is 11.8 Å². The minimum atomic E-state index is -0.582. The molecule has 4 aromatic carbocycles. The molecule has 4 nitrogen and oxygen atoms in total. The molecular formula is C29H28N2O2. The Hall–Kier alpha value is -3.89. The number of hydrogen-bond donors (Lipinski definition) is 2. The largest absolute Gasteiger partial charge is 0.495 e. The predicted molar refractivity (Wildman–Crippen MR) is 133 cm³/mol. The highest BCUT2D eigenvalue weighted by Crippen LogP contribution is 2.29. The summed E-state index contributed by atoms with van der Waals surface area (Å²) in [5, 5.41) is 6.70. The fraction of sp³-hybridized carbons (Fsp3) is 0.138. The topological polar surface area (TPSA) is 50.4 Å². The molecule has 4 aromatic rings. The smallest absolute Gasteiger partial charge is 0.246 e. The van der Waals surface area contributed by atoms with E-state index in [4.69, 9.17) is 4.74 Å². The zero-order chi connectivity index (χ0) is 23.0. The Morgan fingerprint density at radius 1 is 0.727 bits per heavy atom. The highest BCUT2D eigenvalue weighted by Gasteiger charge is 2.26. The first kappa shape index (κ1) is 22.3. The maximum absolute atomic E-state index is 13.7. The van der Waals surface area contributed by atoms with Gasteiger partial charge in [-0.15, -0.1) is 0 Å². The van der Waals surface area contributed by atoms with Gasteiger partial charge < -0.3 is 10.1 Å². The number of hydrogen-bond acceptors (Lipinski definition) is 3. The molecule has 0 heterocycles. The number of aryl methyl sites for hydroxylation is 1. The van der Waals surface area contributed by atoms with E-state index in [1.54, 1.807) is 7.11 Å². The van der Waals surface area contributed by atoms with Crippen molar-refractivity contribution in [3.05, 3.63) is 131 Å². The molecule has 0 spiro atoms. The molecule has 0 fully saturated rings. The number of anilines is 1. The van der Waals surface area contributed by atoms with Crippen molar-refractivity contribution in [3.8, 4) is 5.75 Å². The quantitative estimate of drug-likeness (QED) is 0.353. The molecule has 2 N–H and O–H groups in total. The van der Waals surface area contributed by atoms with Crippen LogP contribution in [0.4, 0.5) is 5.69 Å². The average Bonchev–Trinajstić information content (AvgIpc) is 2.86. The van der Waals surface area contributed by atoms with Crippen LogP contribution >= 0.6 is 0 Å². The molecule has 0 bridgehead atoms. The molecule has 33 heavy (non-hydrogen) atoms. The molecule has 4 heteroatoms. The third-order valence-electron chi connectivity index (χ3n) is 5.61. The van der Waals surface area contributed by atoms with E-state index in [0.29, 0.717) is 11.4 Å². The SMILES string of the molecule is COc1ccc(C)cc1NC(=O)[C@H](NC(c1ccccc1)c1ccccc1)c1ccccc1. The fourth-order valence-electron chi connectivity index (χ4n) is 3.94. The van der Waals surface area contributed by atoms with Crippen LogP contribution in [0.5, 0.6) is 5.75 Å². The fourth-order valence-corrected chi connectivity index (χ4v) is 3.94. The minimum absolute atomic E-state index is 0.151. The number of nitrogens with one attached hydrogen (secondary N) is 2. The van der Waals surface area contributed by atoms with Crippen molar-refractivity contribution < 1.29 is 9.53 Å². The van der Waals surface area contributed by atoms with Crippen molar-refractivity contribution in [2.24, 2.45) is 0 Å². The lowest BCUT2D eigenvalue weighted by Crippen LogP contribution is -2.36. The van der Waals surface area contributed by atoms with Crippen LogP contribution in [0.2, 0.25) is 0 Å². The Bertz CT molecular complexity index is 1140. The van der Waals surface area contributed by atoms with Crippen LogP contribution in [-0.2, 0) is 4.79 Å². The third kappa shape index (κ3) is 5.48. The third-order valence-corrected chi connectivity index (χ3v) is 5.61. The maximum atomic E-state index is 13.7. The number of rotatable bonds is 8. The van der Waals surface area contributed by atoms with E-state index in [9.17, 15) is 4.79 Å². The molecule has 0 aromatic heterocycles. The second-order valence-corrected chi connectivity index (χ2v) is 7.96. The number of benzene rings is 4. The minimum Gasteiger partial charge on any atom is -0.495 e. The van der Waals surface area contributed by atoms with Gasteiger partial charge in [-0.05, 0) is 41.3 Å². The van der Waals surface area contributed by atoms with Gasteiger partial charge in [-0.25, -0.2) is 0 Å². The summed E-state index contributed by atoms with van der Waals surface area (Å²) in [7, 11) is 1.61. The van der Waals surface area contributed by atoms with Crippen LogP contribution in [0.1, 0.15) is 34.3 Å². The lowest BCUT2D eigenvalue weighted by Gasteiger charge is -2.27. The summed E-state index contributed by atoms with van der Waals surface area (Å²) in [5.74, 6) is 0.477. The van der Waals surface area contributed by atoms with Crippen molar-refractivity contribution in [3.63, 3.8) is 0 Å². The van der Waals surface area contributed by atoms with Gasteiger partial charge in [-0.3, -0.25) is 10.1 Å². The van der Waals surface area contributed by atoms with Gasteiger partial charge >= 0.3 is 0 Å². The van der Waals surface area contributed by atoms with Crippen molar-refractivity contribution in [2.45, 2.75) is 19.0 Å². The second kappa shape index (κ2) is 10.6. The van der Waals surface area contributed by atoms with E-state index >= 15 is 0 Å². The van der Waals surface area contributed by atoms with Gasteiger partial charge in [0.2, 0.25) is 5.91 Å². The summed E-state index contributed by atoms with van der Waals surface area (Å²) in [4.78, 5) is 13.7. The summed E-state index contributed by atoms with van der Waals surface area (Å²) in [6.45, 7) is 1.99. The van der Waals surface area contributed by atoms with Gasteiger partial charge in [0.05, 0.1) is 18.8 Å². The summed E-state index contributed by atoms with van der Waals surface area (Å²) < 4.78 is 5.47. The number of carbonyl (C=O) groups excluding carboxylic acids is 1. The molecule has 0 aliphatic carbocycles. The molecule has 0 radical (unpaired) electrons.